The molecular weight excluding hydrogens is 433 g/mol. The van der Waals surface area contributed by atoms with E-state index in [2.05, 4.69) is 34.9 Å². The Morgan fingerprint density at radius 1 is 1.22 bits per heavy atom. The summed E-state index contributed by atoms with van der Waals surface area (Å²) in [7, 11) is 1.49. The van der Waals surface area contributed by atoms with Crippen LogP contribution in [0.3, 0.4) is 0 Å². The van der Waals surface area contributed by atoms with Gasteiger partial charge in [0.15, 0.2) is 5.65 Å². The molecule has 0 bridgehead atoms. The van der Waals surface area contributed by atoms with Gasteiger partial charge in [0.05, 0.1) is 31.2 Å². The Morgan fingerprint density at radius 2 is 2.00 bits per heavy atom. The normalized spacial score (nSPS) is 19.8. The highest BCUT2D eigenvalue weighted by Gasteiger charge is 2.24. The van der Waals surface area contributed by atoms with Crippen molar-refractivity contribution >= 4 is 27.2 Å². The summed E-state index contributed by atoms with van der Waals surface area (Å²) in [4.78, 5) is 21.7. The number of morpholine rings is 1. The third-order valence-electron chi connectivity index (χ3n) is 5.67. The zero-order chi connectivity index (χ0) is 22.4. The summed E-state index contributed by atoms with van der Waals surface area (Å²) in [5.41, 5.74) is 0.573. The fourth-order valence-corrected chi connectivity index (χ4v) is 5.55. The first-order valence-corrected chi connectivity index (χ1v) is 11.3. The van der Waals surface area contributed by atoms with Gasteiger partial charge >= 0.3 is 5.69 Å². The summed E-state index contributed by atoms with van der Waals surface area (Å²) in [6, 6.07) is 6.72. The monoisotopic (exact) mass is 457 g/mol. The molecular formula is C22H24FN5O3S. The van der Waals surface area contributed by atoms with E-state index in [-0.39, 0.29) is 24.4 Å². The third kappa shape index (κ3) is 3.78. The maximum atomic E-state index is 14.7. The van der Waals surface area contributed by atoms with E-state index in [0.717, 1.165) is 34.7 Å². The highest BCUT2D eigenvalue weighted by Crippen LogP contribution is 2.30. The van der Waals surface area contributed by atoms with E-state index in [0.29, 0.717) is 17.0 Å². The van der Waals surface area contributed by atoms with Crippen molar-refractivity contribution in [1.82, 2.24) is 24.1 Å². The summed E-state index contributed by atoms with van der Waals surface area (Å²) >= 11 is 1.54. The van der Waals surface area contributed by atoms with Crippen LogP contribution in [0.1, 0.15) is 24.3 Å². The van der Waals surface area contributed by atoms with Crippen LogP contribution in [0.4, 0.5) is 4.39 Å². The number of fused-ring (bicyclic) bond motifs is 3. The molecule has 1 saturated heterocycles. The van der Waals surface area contributed by atoms with Crippen molar-refractivity contribution in [2.45, 2.75) is 39.1 Å². The smallest absolute Gasteiger partial charge is 0.352 e. The second-order valence-corrected chi connectivity index (χ2v) is 9.32. The number of ether oxygens (including phenoxy) is 2. The molecule has 0 saturated carbocycles. The molecule has 1 aromatic carbocycles. The number of halogens is 1. The first kappa shape index (κ1) is 21.0. The Morgan fingerprint density at radius 3 is 2.72 bits per heavy atom. The van der Waals surface area contributed by atoms with Crippen LogP contribution in [0.5, 0.6) is 5.75 Å². The van der Waals surface area contributed by atoms with Crippen molar-refractivity contribution in [3.05, 3.63) is 57.3 Å². The summed E-state index contributed by atoms with van der Waals surface area (Å²) in [5.74, 6) is 0.0130. The number of thiophene rings is 1. The molecule has 0 N–H and O–H groups in total. The van der Waals surface area contributed by atoms with Crippen molar-refractivity contribution in [2.75, 3.05) is 20.2 Å². The highest BCUT2D eigenvalue weighted by molar-refractivity contribution is 7.18. The standard InChI is InChI=1S/C22H24FN5O3S/c1-13-8-26(9-14(2)31-13)11-17-7-18-20-24-12-25-28(20)22(29)27(21(18)32-17)10-15-4-5-16(30-3)6-19(15)23/h4-7,12-14H,8-11H2,1-3H3. The molecule has 10 heteroatoms. The van der Waals surface area contributed by atoms with Gasteiger partial charge in [0.1, 0.15) is 22.7 Å². The van der Waals surface area contributed by atoms with Gasteiger partial charge in [0.25, 0.3) is 0 Å². The van der Waals surface area contributed by atoms with E-state index in [4.69, 9.17) is 9.47 Å². The van der Waals surface area contributed by atoms with Gasteiger partial charge in [-0.05, 0) is 26.0 Å². The average Bonchev–Trinajstić information content (AvgIpc) is 3.38. The summed E-state index contributed by atoms with van der Waals surface area (Å²) < 4.78 is 28.4. The molecule has 2 atom stereocenters. The van der Waals surface area contributed by atoms with E-state index < -0.39 is 5.82 Å². The van der Waals surface area contributed by atoms with Crippen LogP contribution < -0.4 is 10.4 Å². The largest absolute Gasteiger partial charge is 0.497 e. The molecule has 3 aromatic heterocycles. The van der Waals surface area contributed by atoms with Gasteiger partial charge in [-0.2, -0.15) is 9.61 Å². The lowest BCUT2D eigenvalue weighted by molar-refractivity contribution is -0.0702. The van der Waals surface area contributed by atoms with Crippen molar-refractivity contribution in [1.29, 1.82) is 0 Å². The van der Waals surface area contributed by atoms with Crippen LogP contribution >= 0.6 is 11.3 Å². The van der Waals surface area contributed by atoms with Gasteiger partial charge < -0.3 is 9.47 Å². The predicted octanol–water partition coefficient (Wildman–Crippen LogP) is 2.91. The van der Waals surface area contributed by atoms with Crippen LogP contribution in [0.25, 0.3) is 15.9 Å². The maximum absolute atomic E-state index is 14.7. The lowest BCUT2D eigenvalue weighted by atomic mass is 10.2. The fourth-order valence-electron chi connectivity index (χ4n) is 4.36. The molecule has 32 heavy (non-hydrogen) atoms. The van der Waals surface area contributed by atoms with Crippen LogP contribution in [0.2, 0.25) is 0 Å². The van der Waals surface area contributed by atoms with Gasteiger partial charge in [-0.15, -0.1) is 11.3 Å². The molecule has 168 valence electrons. The number of nitrogens with zero attached hydrogens (tertiary/aromatic N) is 5. The second-order valence-electron chi connectivity index (χ2n) is 8.20. The molecule has 0 spiro atoms. The van der Waals surface area contributed by atoms with Gasteiger partial charge in [0.2, 0.25) is 0 Å². The first-order chi connectivity index (χ1) is 15.4. The van der Waals surface area contributed by atoms with Crippen LogP contribution in [-0.4, -0.2) is 56.5 Å². The van der Waals surface area contributed by atoms with Crippen LogP contribution in [0.15, 0.2) is 35.4 Å². The maximum Gasteiger partial charge on any atom is 0.352 e. The minimum atomic E-state index is -0.420. The van der Waals surface area contributed by atoms with E-state index in [1.54, 1.807) is 16.7 Å². The first-order valence-electron chi connectivity index (χ1n) is 10.5. The number of methoxy groups -OCH3 is 1. The van der Waals surface area contributed by atoms with Crippen LogP contribution in [-0.2, 0) is 17.8 Å². The third-order valence-corrected chi connectivity index (χ3v) is 6.82. The zero-order valence-corrected chi connectivity index (χ0v) is 18.9. The molecule has 4 heterocycles. The molecule has 4 aromatic rings. The molecule has 5 rings (SSSR count). The molecule has 1 aliphatic rings. The lowest BCUT2D eigenvalue weighted by Crippen LogP contribution is -2.44. The number of benzene rings is 1. The second kappa shape index (κ2) is 8.27. The van der Waals surface area contributed by atoms with E-state index in [1.807, 2.05) is 0 Å². The molecule has 2 unspecified atom stereocenters. The molecule has 0 aliphatic carbocycles. The van der Waals surface area contributed by atoms with Crippen LogP contribution in [0, 0.1) is 5.82 Å². The van der Waals surface area contributed by atoms with E-state index in [1.165, 1.54) is 35.4 Å². The average molecular weight is 458 g/mol. The molecule has 0 radical (unpaired) electrons. The Kier molecular flexibility index (Phi) is 5.44. The van der Waals surface area contributed by atoms with E-state index in [9.17, 15) is 9.18 Å². The van der Waals surface area contributed by atoms with Crippen molar-refractivity contribution < 1.29 is 13.9 Å². The lowest BCUT2D eigenvalue weighted by Gasteiger charge is -2.34. The van der Waals surface area contributed by atoms with Gasteiger partial charge in [-0.25, -0.2) is 14.2 Å². The Bertz CT molecular complexity index is 1340. The van der Waals surface area contributed by atoms with Crippen molar-refractivity contribution in [3.8, 4) is 5.75 Å². The molecule has 1 aliphatic heterocycles. The fraction of sp³-hybridized carbons (Fsp3) is 0.409. The summed E-state index contributed by atoms with van der Waals surface area (Å²) in [6.45, 7) is 6.70. The molecule has 8 nitrogen and oxygen atoms in total. The SMILES string of the molecule is COc1ccc(Cn2c(=O)n3ncnc3c3cc(CN4CC(C)OC(C)C4)sc32)c(F)c1. The Labute approximate surface area is 187 Å². The van der Waals surface area contributed by atoms with Gasteiger partial charge in [-0.3, -0.25) is 9.47 Å². The summed E-state index contributed by atoms with van der Waals surface area (Å²) in [6.07, 6.45) is 1.72. The Balaban J connectivity index is 1.57. The van der Waals surface area contributed by atoms with Gasteiger partial charge in [0, 0.05) is 36.1 Å². The number of hydrogen-bond donors (Lipinski definition) is 0. The van der Waals surface area contributed by atoms with Gasteiger partial charge in [-0.1, -0.05) is 6.07 Å². The Hall–Kier alpha value is -2.82. The highest BCUT2D eigenvalue weighted by atomic mass is 32.1. The summed E-state index contributed by atoms with van der Waals surface area (Å²) in [5, 5.41) is 4.94. The molecule has 1 fully saturated rings. The van der Waals surface area contributed by atoms with Crippen molar-refractivity contribution in [2.24, 2.45) is 0 Å². The van der Waals surface area contributed by atoms with E-state index >= 15 is 0 Å². The quantitative estimate of drug-likeness (QED) is 0.459. The number of rotatable bonds is 5. The zero-order valence-electron chi connectivity index (χ0n) is 18.1. The van der Waals surface area contributed by atoms with Crippen molar-refractivity contribution in [3.63, 3.8) is 0 Å². The number of hydrogen-bond acceptors (Lipinski definition) is 7. The minimum absolute atomic E-state index is 0.0898. The molecule has 0 amide bonds. The predicted molar refractivity (Wildman–Crippen MR) is 120 cm³/mol. The number of aromatic nitrogens is 4. The minimum Gasteiger partial charge on any atom is -0.497 e. The topological polar surface area (TPSA) is 73.9 Å².